The molecule has 2 aromatic heterocycles. The average molecular weight is 555 g/mol. The monoisotopic (exact) mass is 554 g/mol. The second-order valence-corrected chi connectivity index (χ2v) is 11.2. The summed E-state index contributed by atoms with van der Waals surface area (Å²) in [6, 6.07) is 10.5. The van der Waals surface area contributed by atoms with Crippen LogP contribution >= 0.6 is 22.9 Å². The molecule has 196 valence electrons. The summed E-state index contributed by atoms with van der Waals surface area (Å²) in [6.07, 6.45) is 0.00641. The molecule has 5 rings (SSSR count). The van der Waals surface area contributed by atoms with Crippen LogP contribution in [0, 0.1) is 5.82 Å². The van der Waals surface area contributed by atoms with Crippen molar-refractivity contribution in [2.75, 3.05) is 12.3 Å². The number of nitrogens with two attached hydrogens (primary N) is 2. The molecule has 4 aromatic rings. The van der Waals surface area contributed by atoms with Crippen molar-refractivity contribution in [2.24, 2.45) is 5.73 Å². The van der Waals surface area contributed by atoms with Crippen molar-refractivity contribution in [3.8, 4) is 17.0 Å². The van der Waals surface area contributed by atoms with Gasteiger partial charge < -0.3 is 21.3 Å². The average Bonchev–Trinajstić information content (AvgIpc) is 3.43. The molecular formula is C27H24ClFN4O4S. The molecule has 0 saturated heterocycles. The van der Waals surface area contributed by atoms with Crippen LogP contribution in [0.5, 0.6) is 5.75 Å². The molecule has 0 fully saturated rings. The van der Waals surface area contributed by atoms with Crippen LogP contribution in [0.15, 0.2) is 42.5 Å². The number of Topliss-reactive ketones (excluding diaryl/α,β-unsaturated/α-hetero) is 1. The van der Waals surface area contributed by atoms with Gasteiger partial charge in [-0.2, -0.15) is 0 Å². The van der Waals surface area contributed by atoms with Gasteiger partial charge in [0.25, 0.3) is 0 Å². The minimum Gasteiger partial charge on any atom is -0.489 e. The lowest BCUT2D eigenvalue weighted by atomic mass is 9.81. The number of hydrogen-bond donors (Lipinski definition) is 3. The number of thiazole rings is 1. The first-order valence-electron chi connectivity index (χ1n) is 11.7. The molecule has 0 saturated carbocycles. The summed E-state index contributed by atoms with van der Waals surface area (Å²) in [5.74, 6) is -0.898. The van der Waals surface area contributed by atoms with E-state index in [0.717, 1.165) is 0 Å². The normalized spacial score (nSPS) is 18.1. The smallest absolute Gasteiger partial charge is 0.231 e. The zero-order chi connectivity index (χ0) is 27.4. The fourth-order valence-electron chi connectivity index (χ4n) is 4.46. The molecule has 0 unspecified atom stereocenters. The van der Waals surface area contributed by atoms with E-state index in [-0.39, 0.29) is 30.9 Å². The number of rotatable bonds is 7. The number of carbonyl (C=O) groups excluding carboxylic acids is 2. The van der Waals surface area contributed by atoms with Crippen molar-refractivity contribution in [1.82, 2.24) is 9.97 Å². The highest BCUT2D eigenvalue weighted by molar-refractivity contribution is 7.22. The molecule has 0 spiro atoms. The topological polar surface area (TPSA) is 141 Å². The lowest BCUT2D eigenvalue weighted by Crippen LogP contribution is -2.40. The number of ether oxygens (including phenoxy) is 1. The Hall–Kier alpha value is -3.60. The molecule has 0 radical (unpaired) electrons. The number of aliphatic hydroxyl groups is 1. The van der Waals surface area contributed by atoms with Gasteiger partial charge in [0.1, 0.15) is 40.4 Å². The Balaban J connectivity index is 1.49. The summed E-state index contributed by atoms with van der Waals surface area (Å²) in [5.41, 5.74) is 11.3. The number of carbonyl (C=O) groups is 2. The fourth-order valence-corrected chi connectivity index (χ4v) is 5.58. The molecule has 1 aliphatic heterocycles. The van der Waals surface area contributed by atoms with Gasteiger partial charge in [-0.05, 0) is 62.7 Å². The summed E-state index contributed by atoms with van der Waals surface area (Å²) in [5, 5.41) is 12.2. The van der Waals surface area contributed by atoms with Crippen LogP contribution in [0.3, 0.4) is 0 Å². The molecule has 1 aliphatic rings. The number of ketones is 1. The molecule has 3 heterocycles. The second-order valence-electron chi connectivity index (χ2n) is 9.78. The maximum absolute atomic E-state index is 13.6. The predicted molar refractivity (Wildman–Crippen MR) is 144 cm³/mol. The van der Waals surface area contributed by atoms with Crippen LogP contribution < -0.4 is 16.2 Å². The number of primary amides is 1. The SMILES string of the molecule is C[C@](O)(CCC(=O)c1cc(Cl)c2nc(N)sc2c1)c1cc2c(c(-c3ccc(F)cc3)n1)OC[C@]2(C)C(N)=O. The Morgan fingerprint density at radius 3 is 2.63 bits per heavy atom. The minimum absolute atomic E-state index is 0.00293. The maximum atomic E-state index is 13.6. The van der Waals surface area contributed by atoms with E-state index in [4.69, 9.17) is 27.8 Å². The number of fused-ring (bicyclic) bond motifs is 2. The van der Waals surface area contributed by atoms with E-state index in [0.29, 0.717) is 48.5 Å². The van der Waals surface area contributed by atoms with Gasteiger partial charge >= 0.3 is 0 Å². The van der Waals surface area contributed by atoms with Gasteiger partial charge in [0, 0.05) is 23.1 Å². The van der Waals surface area contributed by atoms with Gasteiger partial charge in [0.2, 0.25) is 5.91 Å². The quantitative estimate of drug-likeness (QED) is 0.280. The Labute approximate surface area is 226 Å². The van der Waals surface area contributed by atoms with Crippen LogP contribution in [0.2, 0.25) is 5.02 Å². The van der Waals surface area contributed by atoms with Crippen molar-refractivity contribution in [3.05, 3.63) is 70.1 Å². The van der Waals surface area contributed by atoms with Gasteiger partial charge in [-0.1, -0.05) is 22.9 Å². The summed E-state index contributed by atoms with van der Waals surface area (Å²) >= 11 is 7.53. The first-order chi connectivity index (χ1) is 17.9. The van der Waals surface area contributed by atoms with E-state index >= 15 is 0 Å². The molecule has 1 amide bonds. The van der Waals surface area contributed by atoms with Gasteiger partial charge in [0.05, 0.1) is 15.4 Å². The number of nitrogen functional groups attached to an aromatic ring is 1. The highest BCUT2D eigenvalue weighted by Gasteiger charge is 2.45. The highest BCUT2D eigenvalue weighted by atomic mass is 35.5. The summed E-state index contributed by atoms with van der Waals surface area (Å²) in [4.78, 5) is 34.3. The van der Waals surface area contributed by atoms with Crippen LogP contribution in [-0.4, -0.2) is 33.4 Å². The van der Waals surface area contributed by atoms with E-state index in [1.54, 1.807) is 26.0 Å². The number of pyridine rings is 1. The molecule has 38 heavy (non-hydrogen) atoms. The van der Waals surface area contributed by atoms with Gasteiger partial charge in [-0.3, -0.25) is 9.59 Å². The van der Waals surface area contributed by atoms with Gasteiger partial charge in [-0.25, -0.2) is 14.4 Å². The first kappa shape index (κ1) is 26.0. The largest absolute Gasteiger partial charge is 0.489 e. The standard InChI is InChI=1S/C27H24ClFN4O4S/c1-26(24(30)35)12-37-23-16(26)11-20(32-21(23)13-3-5-15(29)6-4-13)27(2,36)8-7-18(34)14-9-17(28)22-19(10-14)38-25(31)33-22/h3-6,9-11,36H,7-8,12H2,1-2H3,(H2,30,35)(H2,31,33)/t26-,27-/m0/s1. The summed E-state index contributed by atoms with van der Waals surface area (Å²) in [7, 11) is 0. The Bertz CT molecular complexity index is 1610. The molecule has 0 aliphatic carbocycles. The number of amides is 1. The number of hydrogen-bond acceptors (Lipinski definition) is 8. The predicted octanol–water partition coefficient (Wildman–Crippen LogP) is 4.74. The summed E-state index contributed by atoms with van der Waals surface area (Å²) < 4.78 is 20.1. The van der Waals surface area contributed by atoms with Crippen molar-refractivity contribution in [3.63, 3.8) is 0 Å². The third-order valence-corrected chi connectivity index (χ3v) is 8.03. The van der Waals surface area contributed by atoms with Crippen LogP contribution in [-0.2, 0) is 15.8 Å². The zero-order valence-electron chi connectivity index (χ0n) is 20.5. The second kappa shape index (κ2) is 9.30. The number of anilines is 1. The van der Waals surface area contributed by atoms with Crippen molar-refractivity contribution in [1.29, 1.82) is 0 Å². The minimum atomic E-state index is -1.57. The highest BCUT2D eigenvalue weighted by Crippen LogP contribution is 2.46. The van der Waals surface area contributed by atoms with Crippen LogP contribution in [0.4, 0.5) is 9.52 Å². The van der Waals surface area contributed by atoms with Crippen molar-refractivity contribution < 1.29 is 23.8 Å². The van der Waals surface area contributed by atoms with E-state index in [1.165, 1.54) is 41.7 Å². The Kier molecular flexibility index (Phi) is 6.37. The first-order valence-corrected chi connectivity index (χ1v) is 12.9. The molecule has 5 N–H and O–H groups in total. The van der Waals surface area contributed by atoms with Gasteiger partial charge in [0.15, 0.2) is 10.9 Å². The van der Waals surface area contributed by atoms with Crippen molar-refractivity contribution in [2.45, 2.75) is 37.7 Å². The van der Waals surface area contributed by atoms with E-state index in [9.17, 15) is 19.1 Å². The molecular weight excluding hydrogens is 531 g/mol. The van der Waals surface area contributed by atoms with Gasteiger partial charge in [-0.15, -0.1) is 0 Å². The van der Waals surface area contributed by atoms with Crippen LogP contribution in [0.25, 0.3) is 21.5 Å². The maximum Gasteiger partial charge on any atom is 0.231 e. The Morgan fingerprint density at radius 1 is 1.24 bits per heavy atom. The van der Waals surface area contributed by atoms with Crippen LogP contribution in [0.1, 0.15) is 48.3 Å². The molecule has 0 bridgehead atoms. The molecule has 8 nitrogen and oxygen atoms in total. The number of nitrogens with zero attached hydrogens (tertiary/aromatic N) is 2. The van der Waals surface area contributed by atoms with E-state index in [1.807, 2.05) is 0 Å². The lowest BCUT2D eigenvalue weighted by Gasteiger charge is -2.26. The molecule has 2 aromatic carbocycles. The Morgan fingerprint density at radius 2 is 1.95 bits per heavy atom. The third kappa shape index (κ3) is 4.48. The van der Waals surface area contributed by atoms with E-state index in [2.05, 4.69) is 9.97 Å². The number of aromatic nitrogens is 2. The zero-order valence-corrected chi connectivity index (χ0v) is 22.1. The third-order valence-electron chi connectivity index (χ3n) is 6.91. The summed E-state index contributed by atoms with van der Waals surface area (Å²) in [6.45, 7) is 3.20. The van der Waals surface area contributed by atoms with E-state index < -0.39 is 22.7 Å². The molecule has 2 atom stereocenters. The lowest BCUT2D eigenvalue weighted by molar-refractivity contribution is -0.123. The molecule has 11 heteroatoms. The fraction of sp³-hybridized carbons (Fsp3) is 0.259. The number of halogens is 2. The number of benzene rings is 2. The van der Waals surface area contributed by atoms with Crippen molar-refractivity contribution >= 4 is 50.0 Å².